The number of amides is 1. The molecular formula is C25H25FN2O5S. The molecule has 0 unspecified atom stereocenters. The van der Waals surface area contributed by atoms with Gasteiger partial charge in [0.1, 0.15) is 23.9 Å². The first-order valence-corrected chi connectivity index (χ1v) is 12.7. The van der Waals surface area contributed by atoms with Gasteiger partial charge in [-0.25, -0.2) is 17.5 Å². The highest BCUT2D eigenvalue weighted by Gasteiger charge is 2.22. The molecule has 1 fully saturated rings. The van der Waals surface area contributed by atoms with Gasteiger partial charge in [0.15, 0.2) is 0 Å². The molecule has 0 atom stereocenters. The van der Waals surface area contributed by atoms with Crippen molar-refractivity contribution in [1.82, 2.24) is 9.71 Å². The third kappa shape index (κ3) is 6.32. The van der Waals surface area contributed by atoms with E-state index in [2.05, 4.69) is 4.98 Å². The first kappa shape index (κ1) is 23.7. The minimum Gasteiger partial charge on any atom is -0.492 e. The number of benzene rings is 2. The molecule has 0 spiro atoms. The first-order valence-electron chi connectivity index (χ1n) is 10.8. The van der Waals surface area contributed by atoms with Crippen molar-refractivity contribution in [3.63, 3.8) is 0 Å². The van der Waals surface area contributed by atoms with E-state index in [1.807, 2.05) is 31.2 Å². The smallest absolute Gasteiger partial charge is 0.264 e. The Kier molecular flexibility index (Phi) is 6.83. The van der Waals surface area contributed by atoms with Crippen LogP contribution in [0.25, 0.3) is 11.3 Å². The van der Waals surface area contributed by atoms with Gasteiger partial charge in [0.05, 0.1) is 24.8 Å². The lowest BCUT2D eigenvalue weighted by Crippen LogP contribution is -2.29. The number of ether oxygens (including phenoxy) is 2. The lowest BCUT2D eigenvalue weighted by molar-refractivity contribution is 0.0981. The van der Waals surface area contributed by atoms with Crippen LogP contribution >= 0.6 is 0 Å². The predicted molar refractivity (Wildman–Crippen MR) is 126 cm³/mol. The fourth-order valence-corrected chi connectivity index (χ4v) is 3.81. The Bertz CT molecular complexity index is 1320. The molecule has 7 nitrogen and oxygen atoms in total. The van der Waals surface area contributed by atoms with E-state index in [9.17, 15) is 17.6 Å². The number of nitrogens with zero attached hydrogens (tertiary/aromatic N) is 1. The van der Waals surface area contributed by atoms with E-state index in [0.29, 0.717) is 11.7 Å². The van der Waals surface area contributed by atoms with Crippen LogP contribution < -0.4 is 14.2 Å². The summed E-state index contributed by atoms with van der Waals surface area (Å²) < 4.78 is 50.2. The zero-order valence-electron chi connectivity index (χ0n) is 18.9. The van der Waals surface area contributed by atoms with Crippen LogP contribution in [0.3, 0.4) is 0 Å². The highest BCUT2D eigenvalue weighted by Crippen LogP contribution is 2.31. The molecule has 1 N–H and O–H groups in total. The molecule has 0 saturated heterocycles. The van der Waals surface area contributed by atoms with Crippen LogP contribution in [0.4, 0.5) is 4.39 Å². The molecule has 1 aromatic heterocycles. The molecule has 3 aromatic rings. The largest absolute Gasteiger partial charge is 0.492 e. The first-order chi connectivity index (χ1) is 16.2. The summed E-state index contributed by atoms with van der Waals surface area (Å²) in [5.41, 5.74) is 2.76. The number of carbonyl (C=O) groups excluding carboxylic acids is 1. The third-order valence-electron chi connectivity index (χ3n) is 5.33. The Labute approximate surface area is 198 Å². The molecule has 1 saturated carbocycles. The Hall–Kier alpha value is -3.46. The van der Waals surface area contributed by atoms with E-state index in [0.717, 1.165) is 41.5 Å². The standard InChI is InChI=1S/C25H25FN2O5S/c1-16-10-22(32-14-17-6-7-17)13-27-24(16)18-4-3-5-21(11-18)33-15-20-9-8-19(12-23(20)26)25(29)28-34(2,30)31/h3-5,8-13,17H,6-7,14-15H2,1-2H3,(H,28,29). The van der Waals surface area contributed by atoms with Crippen molar-refractivity contribution in [3.8, 4) is 22.8 Å². The third-order valence-corrected chi connectivity index (χ3v) is 5.89. The van der Waals surface area contributed by atoms with Crippen LogP contribution in [0.5, 0.6) is 11.5 Å². The number of aryl methyl sites for hydroxylation is 1. The van der Waals surface area contributed by atoms with Crippen LogP contribution in [0.15, 0.2) is 54.7 Å². The molecule has 1 heterocycles. The van der Waals surface area contributed by atoms with Crippen molar-refractivity contribution in [2.45, 2.75) is 26.4 Å². The topological polar surface area (TPSA) is 94.6 Å². The molecule has 0 aliphatic heterocycles. The normalized spacial score (nSPS) is 13.4. The number of aromatic nitrogens is 1. The lowest BCUT2D eigenvalue weighted by atomic mass is 10.1. The number of hydrogen-bond donors (Lipinski definition) is 1. The predicted octanol–water partition coefficient (Wildman–Crippen LogP) is 4.25. The zero-order chi connectivity index (χ0) is 24.3. The van der Waals surface area contributed by atoms with E-state index in [1.165, 1.54) is 25.0 Å². The van der Waals surface area contributed by atoms with Gasteiger partial charge in [0.2, 0.25) is 10.0 Å². The molecule has 34 heavy (non-hydrogen) atoms. The van der Waals surface area contributed by atoms with Gasteiger partial charge in [0.25, 0.3) is 5.91 Å². The van der Waals surface area contributed by atoms with E-state index in [-0.39, 0.29) is 17.7 Å². The van der Waals surface area contributed by atoms with E-state index < -0.39 is 21.7 Å². The SMILES string of the molecule is Cc1cc(OCC2CC2)cnc1-c1cccc(OCc2ccc(C(=O)NS(C)(=O)=O)cc2F)c1. The molecule has 2 aromatic carbocycles. The van der Waals surface area contributed by atoms with Gasteiger partial charge in [-0.15, -0.1) is 0 Å². The van der Waals surface area contributed by atoms with Crippen molar-refractivity contribution < 1.29 is 27.1 Å². The molecule has 1 aliphatic rings. The second kappa shape index (κ2) is 9.80. The van der Waals surface area contributed by atoms with Crippen molar-refractivity contribution in [3.05, 3.63) is 77.2 Å². The summed E-state index contributed by atoms with van der Waals surface area (Å²) in [6.45, 7) is 2.63. The Morgan fingerprint density at radius 3 is 2.59 bits per heavy atom. The second-order valence-electron chi connectivity index (χ2n) is 8.42. The van der Waals surface area contributed by atoms with E-state index >= 15 is 0 Å². The van der Waals surface area contributed by atoms with Crippen LogP contribution in [0, 0.1) is 18.7 Å². The maximum atomic E-state index is 14.5. The number of pyridine rings is 1. The van der Waals surface area contributed by atoms with Crippen molar-refractivity contribution in [1.29, 1.82) is 0 Å². The second-order valence-corrected chi connectivity index (χ2v) is 10.2. The minimum absolute atomic E-state index is 0.0659. The van der Waals surface area contributed by atoms with Crippen molar-refractivity contribution >= 4 is 15.9 Å². The Morgan fingerprint density at radius 2 is 1.91 bits per heavy atom. The van der Waals surface area contributed by atoms with Crippen LogP contribution in [-0.2, 0) is 16.6 Å². The van der Waals surface area contributed by atoms with E-state index in [4.69, 9.17) is 9.47 Å². The summed E-state index contributed by atoms with van der Waals surface area (Å²) >= 11 is 0. The fourth-order valence-electron chi connectivity index (χ4n) is 3.36. The Morgan fingerprint density at radius 1 is 1.12 bits per heavy atom. The van der Waals surface area contributed by atoms with Gasteiger partial charge < -0.3 is 9.47 Å². The average molecular weight is 485 g/mol. The van der Waals surface area contributed by atoms with Crippen LogP contribution in [0.1, 0.15) is 34.3 Å². The van der Waals surface area contributed by atoms with Gasteiger partial charge in [-0.2, -0.15) is 0 Å². The summed E-state index contributed by atoms with van der Waals surface area (Å²) in [6.07, 6.45) is 5.02. The molecule has 1 aliphatic carbocycles. The van der Waals surface area contributed by atoms with Gasteiger partial charge in [-0.3, -0.25) is 9.78 Å². The van der Waals surface area contributed by atoms with Gasteiger partial charge in [-0.05, 0) is 61.6 Å². The summed E-state index contributed by atoms with van der Waals surface area (Å²) in [5, 5.41) is 0. The average Bonchev–Trinajstić information content (AvgIpc) is 3.60. The number of halogens is 1. The zero-order valence-corrected chi connectivity index (χ0v) is 19.7. The Balaban J connectivity index is 1.42. The summed E-state index contributed by atoms with van der Waals surface area (Å²) in [7, 11) is -3.74. The molecule has 9 heteroatoms. The number of carbonyl (C=O) groups is 1. The minimum atomic E-state index is -3.74. The fraction of sp³-hybridized carbons (Fsp3) is 0.280. The van der Waals surface area contributed by atoms with E-state index in [1.54, 1.807) is 17.0 Å². The molecule has 4 rings (SSSR count). The quantitative estimate of drug-likeness (QED) is 0.488. The maximum Gasteiger partial charge on any atom is 0.264 e. The molecule has 0 radical (unpaired) electrons. The number of hydrogen-bond acceptors (Lipinski definition) is 6. The van der Waals surface area contributed by atoms with Crippen LogP contribution in [-0.4, -0.2) is 32.2 Å². The highest BCUT2D eigenvalue weighted by molar-refractivity contribution is 7.89. The van der Waals surface area contributed by atoms with Crippen LogP contribution in [0.2, 0.25) is 0 Å². The summed E-state index contributed by atoms with van der Waals surface area (Å²) in [5.74, 6) is 0.389. The number of nitrogens with one attached hydrogen (secondary N) is 1. The van der Waals surface area contributed by atoms with Crippen molar-refractivity contribution in [2.24, 2.45) is 5.92 Å². The number of rotatable bonds is 9. The number of sulfonamides is 1. The van der Waals surface area contributed by atoms with Gasteiger partial charge in [-0.1, -0.05) is 18.2 Å². The van der Waals surface area contributed by atoms with Crippen molar-refractivity contribution in [2.75, 3.05) is 12.9 Å². The molecule has 178 valence electrons. The van der Waals surface area contributed by atoms with Gasteiger partial charge >= 0.3 is 0 Å². The maximum absolute atomic E-state index is 14.5. The molecular weight excluding hydrogens is 459 g/mol. The summed E-state index contributed by atoms with van der Waals surface area (Å²) in [4.78, 5) is 16.4. The monoisotopic (exact) mass is 484 g/mol. The summed E-state index contributed by atoms with van der Waals surface area (Å²) in [6, 6.07) is 13.0. The molecule has 0 bridgehead atoms. The van der Waals surface area contributed by atoms with Gasteiger partial charge in [0, 0.05) is 16.7 Å². The molecule has 1 amide bonds. The highest BCUT2D eigenvalue weighted by atomic mass is 32.2. The lowest BCUT2D eigenvalue weighted by Gasteiger charge is -2.12.